The standard InChI is InChI=1S/C23H25BrN4O4/c1-32-18-5-2-4-17(15-18)26-10-12-27(13-11-26)21(29)6-3-9-28-22(30)19-14-16(24)7-8-20(19)25-23(28)31/h2,4-5,7-8,14-15,19H,3,6,9-13H2,1H3. The molecule has 4 rings (SSSR count). The zero-order chi connectivity index (χ0) is 22.7. The van der Waals surface area contributed by atoms with Crippen molar-refractivity contribution in [1.82, 2.24) is 9.80 Å². The van der Waals surface area contributed by atoms with Crippen LogP contribution in [-0.2, 0) is 9.59 Å². The Morgan fingerprint density at radius 2 is 1.97 bits per heavy atom. The quantitative estimate of drug-likeness (QED) is 0.599. The number of rotatable bonds is 6. The molecule has 3 aliphatic rings. The fourth-order valence-corrected chi connectivity index (χ4v) is 4.48. The molecule has 1 atom stereocenters. The first-order valence-corrected chi connectivity index (χ1v) is 11.4. The Morgan fingerprint density at radius 3 is 2.72 bits per heavy atom. The average Bonchev–Trinajstić information content (AvgIpc) is 2.81. The summed E-state index contributed by atoms with van der Waals surface area (Å²) in [5.74, 6) is 0.0131. The number of carbonyl (C=O) groups is 3. The number of ether oxygens (including phenoxy) is 1. The van der Waals surface area contributed by atoms with E-state index in [4.69, 9.17) is 4.74 Å². The van der Waals surface area contributed by atoms with Gasteiger partial charge in [-0.2, -0.15) is 4.99 Å². The number of hydrogen-bond acceptors (Lipinski definition) is 5. The third kappa shape index (κ3) is 4.77. The lowest BCUT2D eigenvalue weighted by Gasteiger charge is -2.36. The van der Waals surface area contributed by atoms with E-state index < -0.39 is 11.9 Å². The molecule has 1 aromatic rings. The lowest BCUT2D eigenvalue weighted by Crippen LogP contribution is -2.49. The third-order valence-corrected chi connectivity index (χ3v) is 6.40. The molecule has 0 spiro atoms. The lowest BCUT2D eigenvalue weighted by atomic mass is 9.95. The maximum absolute atomic E-state index is 12.7. The van der Waals surface area contributed by atoms with E-state index in [-0.39, 0.29) is 24.8 Å². The third-order valence-electron chi connectivity index (χ3n) is 5.87. The maximum atomic E-state index is 12.7. The molecule has 168 valence electrons. The Morgan fingerprint density at radius 1 is 1.19 bits per heavy atom. The second kappa shape index (κ2) is 9.68. The van der Waals surface area contributed by atoms with Crippen molar-refractivity contribution in [3.05, 3.63) is 47.0 Å². The molecule has 9 heteroatoms. The minimum Gasteiger partial charge on any atom is -0.497 e. The van der Waals surface area contributed by atoms with Crippen molar-refractivity contribution >= 4 is 45.2 Å². The van der Waals surface area contributed by atoms with Gasteiger partial charge in [0.1, 0.15) is 11.7 Å². The van der Waals surface area contributed by atoms with E-state index in [1.165, 1.54) is 0 Å². The van der Waals surface area contributed by atoms with Crippen LogP contribution in [0.4, 0.5) is 10.5 Å². The molecule has 0 aromatic heterocycles. The summed E-state index contributed by atoms with van der Waals surface area (Å²) >= 11 is 3.36. The summed E-state index contributed by atoms with van der Waals surface area (Å²) in [7, 11) is 1.65. The van der Waals surface area contributed by atoms with Crippen LogP contribution in [0, 0.1) is 5.92 Å². The molecule has 1 unspecified atom stereocenters. The van der Waals surface area contributed by atoms with E-state index >= 15 is 0 Å². The lowest BCUT2D eigenvalue weighted by molar-refractivity contribution is -0.133. The van der Waals surface area contributed by atoms with Crippen LogP contribution >= 0.6 is 15.9 Å². The number of aliphatic imine (C=N–C) groups is 1. The number of amides is 4. The Kier molecular flexibility index (Phi) is 6.74. The highest BCUT2D eigenvalue weighted by atomic mass is 79.9. The van der Waals surface area contributed by atoms with Gasteiger partial charge in [-0.1, -0.05) is 28.1 Å². The van der Waals surface area contributed by atoms with Gasteiger partial charge in [-0.25, -0.2) is 4.79 Å². The van der Waals surface area contributed by atoms with Crippen molar-refractivity contribution in [2.24, 2.45) is 10.9 Å². The number of fused-ring (bicyclic) bond motifs is 1. The molecule has 1 aromatic carbocycles. The molecule has 1 aliphatic carbocycles. The Bertz CT molecular complexity index is 1010. The van der Waals surface area contributed by atoms with Crippen molar-refractivity contribution in [2.45, 2.75) is 12.8 Å². The van der Waals surface area contributed by atoms with Gasteiger partial charge in [0.05, 0.1) is 12.8 Å². The van der Waals surface area contributed by atoms with Crippen molar-refractivity contribution in [3.8, 4) is 5.75 Å². The van der Waals surface area contributed by atoms with E-state index in [0.29, 0.717) is 25.2 Å². The van der Waals surface area contributed by atoms with Crippen LogP contribution in [-0.4, -0.2) is 73.2 Å². The largest absolute Gasteiger partial charge is 0.497 e. The number of urea groups is 1. The zero-order valence-corrected chi connectivity index (χ0v) is 19.5. The summed E-state index contributed by atoms with van der Waals surface area (Å²) < 4.78 is 6.07. The van der Waals surface area contributed by atoms with Gasteiger partial charge in [0.25, 0.3) is 0 Å². The molecule has 0 bridgehead atoms. The van der Waals surface area contributed by atoms with E-state index in [0.717, 1.165) is 33.9 Å². The molecular weight excluding hydrogens is 476 g/mol. The molecule has 8 nitrogen and oxygen atoms in total. The average molecular weight is 501 g/mol. The predicted octanol–water partition coefficient (Wildman–Crippen LogP) is 2.99. The number of allylic oxidation sites excluding steroid dienone is 3. The van der Waals surface area contributed by atoms with Gasteiger partial charge in [-0.3, -0.25) is 14.5 Å². The van der Waals surface area contributed by atoms with Crippen molar-refractivity contribution in [3.63, 3.8) is 0 Å². The molecule has 0 saturated carbocycles. The first-order chi connectivity index (χ1) is 15.5. The zero-order valence-electron chi connectivity index (χ0n) is 17.9. The molecule has 2 aliphatic heterocycles. The van der Waals surface area contributed by atoms with Crippen LogP contribution in [0.15, 0.2) is 52.0 Å². The number of hydrogen-bond donors (Lipinski definition) is 0. The highest BCUT2D eigenvalue weighted by Gasteiger charge is 2.36. The molecular formula is C23H25BrN4O4. The van der Waals surface area contributed by atoms with E-state index in [2.05, 4.69) is 25.8 Å². The number of piperazine rings is 1. The smallest absolute Gasteiger partial charge is 0.350 e. The second-order valence-electron chi connectivity index (χ2n) is 7.84. The number of carbonyl (C=O) groups excluding carboxylic acids is 3. The van der Waals surface area contributed by atoms with Crippen LogP contribution < -0.4 is 9.64 Å². The highest BCUT2D eigenvalue weighted by molar-refractivity contribution is 9.11. The minimum absolute atomic E-state index is 0.0413. The molecule has 32 heavy (non-hydrogen) atoms. The molecule has 1 saturated heterocycles. The normalized spacial score (nSPS) is 20.7. The molecule has 1 fully saturated rings. The van der Waals surface area contributed by atoms with Crippen molar-refractivity contribution in [2.75, 3.05) is 44.7 Å². The first-order valence-electron chi connectivity index (χ1n) is 10.6. The predicted molar refractivity (Wildman–Crippen MR) is 125 cm³/mol. The number of halogens is 1. The molecule has 4 amide bonds. The number of methoxy groups -OCH3 is 1. The Labute approximate surface area is 195 Å². The number of imide groups is 1. The fraction of sp³-hybridized carbons (Fsp3) is 0.391. The van der Waals surface area contributed by atoms with Crippen molar-refractivity contribution in [1.29, 1.82) is 0 Å². The van der Waals surface area contributed by atoms with Gasteiger partial charge in [0.2, 0.25) is 11.8 Å². The van der Waals surface area contributed by atoms with Gasteiger partial charge in [-0.15, -0.1) is 0 Å². The minimum atomic E-state index is -0.559. The molecule has 2 heterocycles. The summed E-state index contributed by atoms with van der Waals surface area (Å²) in [6.45, 7) is 2.96. The summed E-state index contributed by atoms with van der Waals surface area (Å²) in [4.78, 5) is 46.9. The van der Waals surface area contributed by atoms with E-state index in [1.54, 1.807) is 25.3 Å². The number of benzene rings is 1. The van der Waals surface area contributed by atoms with Crippen molar-refractivity contribution < 1.29 is 19.1 Å². The Balaban J connectivity index is 1.26. The second-order valence-corrected chi connectivity index (χ2v) is 8.76. The summed E-state index contributed by atoms with van der Waals surface area (Å²) in [5.41, 5.74) is 1.54. The monoisotopic (exact) mass is 500 g/mol. The first kappa shape index (κ1) is 22.3. The summed E-state index contributed by atoms with van der Waals surface area (Å²) in [6.07, 6.45) is 5.89. The van der Waals surface area contributed by atoms with E-state index in [1.807, 2.05) is 29.2 Å². The summed E-state index contributed by atoms with van der Waals surface area (Å²) in [5, 5.41) is 0. The molecule has 0 N–H and O–H groups in total. The topological polar surface area (TPSA) is 82.5 Å². The van der Waals surface area contributed by atoms with Gasteiger partial charge >= 0.3 is 6.03 Å². The maximum Gasteiger partial charge on any atom is 0.350 e. The Hall–Kier alpha value is -2.94. The van der Waals surface area contributed by atoms with Crippen LogP contribution in [0.1, 0.15) is 12.8 Å². The molecule has 0 radical (unpaired) electrons. The van der Waals surface area contributed by atoms with E-state index in [9.17, 15) is 14.4 Å². The van der Waals surface area contributed by atoms with Gasteiger partial charge in [-0.05, 0) is 30.7 Å². The summed E-state index contributed by atoms with van der Waals surface area (Å²) in [6, 6.07) is 7.34. The van der Waals surface area contributed by atoms with Gasteiger partial charge in [0.15, 0.2) is 0 Å². The number of anilines is 1. The SMILES string of the molecule is COc1cccc(N2CCN(C(=O)CCCN3C(=O)N=C4C=CC(Br)=CC4C3=O)CC2)c1. The van der Waals surface area contributed by atoms with Crippen LogP contribution in [0.2, 0.25) is 0 Å². The van der Waals surface area contributed by atoms with Gasteiger partial charge in [0, 0.05) is 55.4 Å². The highest BCUT2D eigenvalue weighted by Crippen LogP contribution is 2.25. The fourth-order valence-electron chi connectivity index (χ4n) is 4.08. The number of nitrogens with zero attached hydrogens (tertiary/aromatic N) is 4. The van der Waals surface area contributed by atoms with Gasteiger partial charge < -0.3 is 14.5 Å². The van der Waals surface area contributed by atoms with Crippen LogP contribution in [0.5, 0.6) is 5.75 Å². The van der Waals surface area contributed by atoms with Crippen LogP contribution in [0.3, 0.4) is 0 Å². The van der Waals surface area contributed by atoms with Crippen LogP contribution in [0.25, 0.3) is 0 Å².